The van der Waals surface area contributed by atoms with Crippen molar-refractivity contribution in [1.82, 2.24) is 5.32 Å². The lowest BCUT2D eigenvalue weighted by atomic mass is 10.0. The van der Waals surface area contributed by atoms with Crippen LogP contribution in [0.5, 0.6) is 0 Å². The van der Waals surface area contributed by atoms with Crippen LogP contribution in [0.3, 0.4) is 0 Å². The summed E-state index contributed by atoms with van der Waals surface area (Å²) in [5.41, 5.74) is 3.62. The molecule has 3 rings (SSSR count). The van der Waals surface area contributed by atoms with E-state index < -0.39 is 0 Å². The Morgan fingerprint density at radius 1 is 1.19 bits per heavy atom. The second-order valence-corrected chi connectivity index (χ2v) is 6.26. The highest BCUT2D eigenvalue weighted by atomic mass is 35.5. The highest BCUT2D eigenvalue weighted by molar-refractivity contribution is 6.30. The maximum atomic E-state index is 13.2. The molecule has 1 N–H and O–H groups in total. The first-order valence-corrected chi connectivity index (χ1v) is 7.75. The Morgan fingerprint density at radius 3 is 2.52 bits per heavy atom. The Hall–Kier alpha value is -1.38. The Balaban J connectivity index is 1.71. The summed E-state index contributed by atoms with van der Waals surface area (Å²) in [7, 11) is 0. The predicted molar refractivity (Wildman–Crippen MR) is 84.9 cm³/mol. The molecular weight excluding hydrogens is 285 g/mol. The Labute approximate surface area is 130 Å². The number of hydrogen-bond acceptors (Lipinski definition) is 1. The van der Waals surface area contributed by atoms with Gasteiger partial charge in [0, 0.05) is 12.6 Å². The number of nitrogens with one attached hydrogen (secondary N) is 1. The minimum atomic E-state index is -0.363. The van der Waals surface area contributed by atoms with Crippen LogP contribution in [0.1, 0.15) is 35.6 Å². The zero-order valence-corrected chi connectivity index (χ0v) is 12.8. The molecule has 1 aliphatic carbocycles. The summed E-state index contributed by atoms with van der Waals surface area (Å²) >= 11 is 5.84. The Morgan fingerprint density at radius 2 is 1.90 bits per heavy atom. The van der Waals surface area contributed by atoms with Crippen molar-refractivity contribution in [3.05, 3.63) is 70.0 Å². The SMILES string of the molecule is Cc1ccc(C(NCc2ccc(F)c(Cl)c2)C2CC2)cc1. The van der Waals surface area contributed by atoms with Crippen molar-refractivity contribution in [2.24, 2.45) is 5.92 Å². The van der Waals surface area contributed by atoms with E-state index in [1.807, 2.05) is 0 Å². The van der Waals surface area contributed by atoms with Crippen molar-refractivity contribution in [1.29, 1.82) is 0 Å². The van der Waals surface area contributed by atoms with Gasteiger partial charge in [-0.1, -0.05) is 47.5 Å². The summed E-state index contributed by atoms with van der Waals surface area (Å²) in [5.74, 6) is 0.348. The molecule has 1 nitrogen and oxygen atoms in total. The first-order chi connectivity index (χ1) is 10.1. The molecule has 0 heterocycles. The normalized spacial score (nSPS) is 16.0. The fourth-order valence-electron chi connectivity index (χ4n) is 2.64. The molecule has 1 aliphatic rings. The van der Waals surface area contributed by atoms with Crippen molar-refractivity contribution >= 4 is 11.6 Å². The minimum Gasteiger partial charge on any atom is -0.306 e. The van der Waals surface area contributed by atoms with Crippen molar-refractivity contribution in [3.8, 4) is 0 Å². The monoisotopic (exact) mass is 303 g/mol. The van der Waals surface area contributed by atoms with Crippen LogP contribution >= 0.6 is 11.6 Å². The molecule has 2 aromatic rings. The molecule has 1 atom stereocenters. The van der Waals surface area contributed by atoms with E-state index >= 15 is 0 Å². The summed E-state index contributed by atoms with van der Waals surface area (Å²) < 4.78 is 13.2. The zero-order valence-electron chi connectivity index (χ0n) is 12.1. The maximum absolute atomic E-state index is 13.2. The van der Waals surface area contributed by atoms with E-state index in [0.717, 1.165) is 5.56 Å². The van der Waals surface area contributed by atoms with Gasteiger partial charge in [-0.05, 0) is 48.9 Å². The smallest absolute Gasteiger partial charge is 0.141 e. The standard InChI is InChI=1S/C18H19ClFN/c1-12-2-5-14(6-3-12)18(15-7-8-15)21-11-13-4-9-17(20)16(19)10-13/h2-6,9-10,15,18,21H,7-8,11H2,1H3. The van der Waals surface area contributed by atoms with Crippen LogP contribution < -0.4 is 5.32 Å². The second kappa shape index (κ2) is 6.17. The lowest BCUT2D eigenvalue weighted by Gasteiger charge is -2.19. The molecule has 0 amide bonds. The van der Waals surface area contributed by atoms with Gasteiger partial charge in [0.2, 0.25) is 0 Å². The van der Waals surface area contributed by atoms with Gasteiger partial charge in [0.15, 0.2) is 0 Å². The van der Waals surface area contributed by atoms with Gasteiger partial charge in [-0.3, -0.25) is 0 Å². The number of aryl methyl sites for hydroxylation is 1. The zero-order chi connectivity index (χ0) is 14.8. The van der Waals surface area contributed by atoms with Gasteiger partial charge in [-0.25, -0.2) is 4.39 Å². The van der Waals surface area contributed by atoms with Gasteiger partial charge in [0.25, 0.3) is 0 Å². The molecule has 21 heavy (non-hydrogen) atoms. The molecule has 2 aromatic carbocycles. The van der Waals surface area contributed by atoms with Crippen LogP contribution in [0.15, 0.2) is 42.5 Å². The maximum Gasteiger partial charge on any atom is 0.141 e. The van der Waals surface area contributed by atoms with Gasteiger partial charge in [-0.15, -0.1) is 0 Å². The highest BCUT2D eigenvalue weighted by Crippen LogP contribution is 2.41. The van der Waals surface area contributed by atoms with Gasteiger partial charge >= 0.3 is 0 Å². The molecule has 0 aromatic heterocycles. The Bertz CT molecular complexity index is 620. The first-order valence-electron chi connectivity index (χ1n) is 7.37. The summed E-state index contributed by atoms with van der Waals surface area (Å²) in [6.45, 7) is 2.80. The molecule has 0 radical (unpaired) electrons. The highest BCUT2D eigenvalue weighted by Gasteiger charge is 2.31. The molecular formula is C18H19ClFN. The third-order valence-electron chi connectivity index (χ3n) is 4.04. The van der Waals surface area contributed by atoms with Crippen molar-refractivity contribution in [2.45, 2.75) is 32.4 Å². The van der Waals surface area contributed by atoms with Crippen LogP contribution in [0.4, 0.5) is 4.39 Å². The molecule has 3 heteroatoms. The van der Waals surface area contributed by atoms with Crippen LogP contribution in [-0.2, 0) is 6.54 Å². The van der Waals surface area contributed by atoms with E-state index in [2.05, 4.69) is 36.5 Å². The van der Waals surface area contributed by atoms with Gasteiger partial charge in [-0.2, -0.15) is 0 Å². The molecule has 0 saturated heterocycles. The van der Waals surface area contributed by atoms with E-state index in [1.54, 1.807) is 12.1 Å². The second-order valence-electron chi connectivity index (χ2n) is 5.86. The minimum absolute atomic E-state index is 0.188. The van der Waals surface area contributed by atoms with E-state index in [0.29, 0.717) is 18.5 Å². The largest absolute Gasteiger partial charge is 0.306 e. The summed E-state index contributed by atoms with van der Waals surface area (Å²) in [4.78, 5) is 0. The molecule has 110 valence electrons. The summed E-state index contributed by atoms with van der Waals surface area (Å²) in [5, 5.41) is 3.79. The van der Waals surface area contributed by atoms with Crippen LogP contribution in [0.25, 0.3) is 0 Å². The van der Waals surface area contributed by atoms with Crippen molar-refractivity contribution in [3.63, 3.8) is 0 Å². The molecule has 0 aliphatic heterocycles. The van der Waals surface area contributed by atoms with Gasteiger partial charge < -0.3 is 5.32 Å². The molecule has 1 fully saturated rings. The van der Waals surface area contributed by atoms with Crippen LogP contribution in [0, 0.1) is 18.7 Å². The van der Waals surface area contributed by atoms with Gasteiger partial charge in [0.05, 0.1) is 5.02 Å². The average molecular weight is 304 g/mol. The quantitative estimate of drug-likeness (QED) is 0.817. The fraction of sp³-hybridized carbons (Fsp3) is 0.333. The summed E-state index contributed by atoms with van der Waals surface area (Å²) in [6, 6.07) is 14.0. The fourth-order valence-corrected chi connectivity index (χ4v) is 2.84. The number of benzene rings is 2. The molecule has 1 unspecified atom stereocenters. The van der Waals surface area contributed by atoms with Crippen LogP contribution in [-0.4, -0.2) is 0 Å². The predicted octanol–water partition coefficient (Wildman–Crippen LogP) is 5.03. The lowest BCUT2D eigenvalue weighted by molar-refractivity contribution is 0.480. The third-order valence-corrected chi connectivity index (χ3v) is 4.33. The average Bonchev–Trinajstić information content (AvgIpc) is 3.29. The van der Waals surface area contributed by atoms with Crippen molar-refractivity contribution in [2.75, 3.05) is 0 Å². The molecule has 0 bridgehead atoms. The van der Waals surface area contributed by atoms with Crippen LogP contribution in [0.2, 0.25) is 5.02 Å². The van der Waals surface area contributed by atoms with E-state index in [9.17, 15) is 4.39 Å². The number of hydrogen-bond donors (Lipinski definition) is 1. The Kier molecular flexibility index (Phi) is 4.27. The molecule has 0 spiro atoms. The van der Waals surface area contributed by atoms with Gasteiger partial charge in [0.1, 0.15) is 5.82 Å². The van der Waals surface area contributed by atoms with E-state index in [-0.39, 0.29) is 10.8 Å². The first kappa shape index (κ1) is 14.6. The number of rotatable bonds is 5. The lowest BCUT2D eigenvalue weighted by Crippen LogP contribution is -2.22. The van der Waals surface area contributed by atoms with E-state index in [4.69, 9.17) is 11.6 Å². The number of halogens is 2. The summed E-state index contributed by atoms with van der Waals surface area (Å²) in [6.07, 6.45) is 2.55. The van der Waals surface area contributed by atoms with E-state index in [1.165, 1.54) is 30.0 Å². The van der Waals surface area contributed by atoms with Crippen molar-refractivity contribution < 1.29 is 4.39 Å². The topological polar surface area (TPSA) is 12.0 Å². The third kappa shape index (κ3) is 3.63. The molecule has 1 saturated carbocycles.